The Morgan fingerprint density at radius 3 is 1.87 bits per heavy atom. The summed E-state index contributed by atoms with van der Waals surface area (Å²) >= 11 is 0. The molecular formula is C13H16Cl6N3Sb. The fourth-order valence-corrected chi connectivity index (χ4v) is 2.14. The van der Waals surface area contributed by atoms with Crippen LogP contribution in [0.15, 0.2) is 36.5 Å². The van der Waals surface area contributed by atoms with Gasteiger partial charge in [0.2, 0.25) is 5.39 Å². The van der Waals surface area contributed by atoms with E-state index in [0.717, 1.165) is 24.4 Å². The van der Waals surface area contributed by atoms with Gasteiger partial charge in [-0.1, -0.05) is 30.3 Å². The predicted molar refractivity (Wildman–Crippen MR) is 106 cm³/mol. The summed E-state index contributed by atoms with van der Waals surface area (Å²) in [5, 5.41) is 8.75. The number of diazo groups is 1. The van der Waals surface area contributed by atoms with E-state index in [1.54, 1.807) is 6.20 Å². The Morgan fingerprint density at radius 2 is 1.43 bits per heavy atom. The number of hydrogen-bond acceptors (Lipinski definition) is 2. The minimum absolute atomic E-state index is 1.02. The third-order valence-electron chi connectivity index (χ3n) is 2.95. The Morgan fingerprint density at radius 1 is 0.957 bits per heavy atom. The molecule has 1 aliphatic rings. The van der Waals surface area contributed by atoms with Gasteiger partial charge in [-0.3, -0.25) is 0 Å². The molecule has 1 heterocycles. The minimum atomic E-state index is -5.42. The van der Waals surface area contributed by atoms with Gasteiger partial charge in [-0.05, 0) is 19.3 Å². The zero-order chi connectivity index (χ0) is 17.6. The molecule has 2 rings (SSSR count). The molecule has 0 aromatic heterocycles. The van der Waals surface area contributed by atoms with Gasteiger partial charge in [-0.25, -0.2) is 0 Å². The number of halogens is 6. The number of nitrogens with zero attached hydrogens (tertiary/aromatic N) is 3. The van der Waals surface area contributed by atoms with Crippen LogP contribution in [-0.2, 0) is 0 Å². The fourth-order valence-electron chi connectivity index (χ4n) is 2.14. The van der Waals surface area contributed by atoms with Crippen molar-refractivity contribution >= 4 is 67.8 Å². The number of hydrogen-bond donors (Lipinski definition) is 0. The van der Waals surface area contributed by atoms with E-state index in [1.807, 2.05) is 30.3 Å². The van der Waals surface area contributed by atoms with E-state index in [9.17, 15) is 0 Å². The van der Waals surface area contributed by atoms with Crippen LogP contribution in [0.1, 0.15) is 24.8 Å². The molecule has 1 aromatic carbocycles. The van der Waals surface area contributed by atoms with Crippen molar-refractivity contribution in [3.63, 3.8) is 0 Å². The van der Waals surface area contributed by atoms with Crippen LogP contribution in [0.25, 0.3) is 10.7 Å². The van der Waals surface area contributed by atoms with Crippen molar-refractivity contribution < 1.29 is 0 Å². The summed E-state index contributed by atoms with van der Waals surface area (Å²) in [5.74, 6) is 0. The second-order valence-electron chi connectivity index (χ2n) is 5.00. The van der Waals surface area contributed by atoms with Crippen LogP contribution in [-0.4, -0.2) is 27.1 Å². The number of piperidine rings is 1. The summed E-state index contributed by atoms with van der Waals surface area (Å²) in [6, 6.07) is 10.1. The van der Waals surface area contributed by atoms with Crippen molar-refractivity contribution in [2.24, 2.45) is 0 Å². The van der Waals surface area contributed by atoms with E-state index in [0.29, 0.717) is 0 Å². The summed E-state index contributed by atoms with van der Waals surface area (Å²) in [6.07, 6.45) is 5.28. The standard InChI is InChI=1S/C13H16N3.6ClH.Sb/c14-15-11-13(12-7-3-1-4-8-12)16-9-5-2-6-10-16;;;;;;;/h1,3-4,7-8,11H,2,5-6,9-10H2;6*1H;/q+1;;;;;;;+5/p-6/b13-11-;;;;;;;. The molecule has 0 atom stereocenters. The van der Waals surface area contributed by atoms with Crippen LogP contribution in [0.5, 0.6) is 0 Å². The molecule has 0 aliphatic carbocycles. The first-order valence-corrected chi connectivity index (χ1v) is 26.2. The van der Waals surface area contributed by atoms with Crippen molar-refractivity contribution in [2.75, 3.05) is 13.1 Å². The van der Waals surface area contributed by atoms with E-state index < -0.39 is 9.14 Å². The molecule has 0 amide bonds. The molecule has 0 radical (unpaired) electrons. The molecule has 130 valence electrons. The van der Waals surface area contributed by atoms with Crippen molar-refractivity contribution in [1.82, 2.24) is 4.90 Å². The Bertz CT molecular complexity index is 574. The van der Waals surface area contributed by atoms with Gasteiger partial charge in [-0.2, -0.15) is 0 Å². The van der Waals surface area contributed by atoms with Crippen LogP contribution in [0.2, 0.25) is 0 Å². The van der Waals surface area contributed by atoms with Gasteiger partial charge in [0.1, 0.15) is 5.70 Å². The van der Waals surface area contributed by atoms with Crippen molar-refractivity contribution in [2.45, 2.75) is 19.3 Å². The summed E-state index contributed by atoms with van der Waals surface area (Å²) in [4.78, 5) is 5.47. The van der Waals surface area contributed by atoms with Crippen molar-refractivity contribution in [3.05, 3.63) is 47.1 Å². The van der Waals surface area contributed by atoms with Gasteiger partial charge in [-0.15, -0.1) is 0 Å². The van der Waals surface area contributed by atoms with Gasteiger partial charge < -0.3 is 4.90 Å². The molecule has 1 fully saturated rings. The first kappa shape index (κ1) is 21.8. The van der Waals surface area contributed by atoms with Gasteiger partial charge >= 0.3 is 68.3 Å². The van der Waals surface area contributed by atoms with Crippen LogP contribution in [0.3, 0.4) is 0 Å². The van der Waals surface area contributed by atoms with Gasteiger partial charge in [0.05, 0.1) is 0 Å². The number of likely N-dealkylation sites (tertiary alicyclic amines) is 1. The summed E-state index contributed by atoms with van der Waals surface area (Å²) in [6.45, 7) is 2.10. The van der Waals surface area contributed by atoms with Crippen LogP contribution < -0.4 is 0 Å². The first-order chi connectivity index (χ1) is 10.4. The molecule has 0 N–H and O–H groups in total. The molecule has 0 bridgehead atoms. The monoisotopic (exact) mass is 545 g/mol. The van der Waals surface area contributed by atoms with Crippen molar-refractivity contribution in [1.29, 1.82) is 5.39 Å². The number of rotatable bonds is 2. The second kappa shape index (κ2) is 7.96. The Kier molecular flexibility index (Phi) is 7.54. The van der Waals surface area contributed by atoms with E-state index in [2.05, 4.69) is 9.88 Å². The van der Waals surface area contributed by atoms with Crippen LogP contribution in [0, 0.1) is 5.39 Å². The Hall–Kier alpha value is 0.738. The molecule has 0 spiro atoms. The Balaban J connectivity index is 0.000000322. The Labute approximate surface area is 156 Å². The molecule has 3 nitrogen and oxygen atoms in total. The second-order valence-corrected chi connectivity index (χ2v) is 61.9. The third-order valence-corrected chi connectivity index (χ3v) is 2.95. The molecule has 0 saturated carbocycles. The maximum absolute atomic E-state index is 8.75. The summed E-state index contributed by atoms with van der Waals surface area (Å²) < 4.78 is 0. The average molecular weight is 549 g/mol. The fraction of sp³-hybridized carbons (Fsp3) is 0.385. The van der Waals surface area contributed by atoms with Gasteiger partial charge in [0.25, 0.3) is 0 Å². The number of benzene rings is 1. The van der Waals surface area contributed by atoms with E-state index in [-0.39, 0.29) is 0 Å². The van der Waals surface area contributed by atoms with Gasteiger partial charge in [0, 0.05) is 18.7 Å². The predicted octanol–water partition coefficient (Wildman–Crippen LogP) is 7.08. The first-order valence-electron chi connectivity index (χ1n) is 6.78. The molecule has 10 heteroatoms. The van der Waals surface area contributed by atoms with Crippen molar-refractivity contribution in [3.8, 4) is 0 Å². The normalized spacial score (nSPS) is 18.8. The molecule has 1 aliphatic heterocycles. The molecule has 1 saturated heterocycles. The molecule has 0 unspecified atom stereocenters. The summed E-state index contributed by atoms with van der Waals surface area (Å²) in [5.41, 5.74) is 2.13. The molecular weight excluding hydrogens is 533 g/mol. The quantitative estimate of drug-likeness (QED) is 0.292. The topological polar surface area (TPSA) is 31.4 Å². The maximum atomic E-state index is 8.75. The van der Waals surface area contributed by atoms with E-state index in [4.69, 9.17) is 58.4 Å². The van der Waals surface area contributed by atoms with Crippen LogP contribution in [0.4, 0.5) is 0 Å². The average Bonchev–Trinajstić information content (AvgIpc) is 2.43. The third kappa shape index (κ3) is 12.7. The SMILES string of the molecule is N#[N+]/C=C(/c1ccccc1)N1CCCCC1.[Cl][Sb-]([Cl])([Cl])([Cl])([Cl])[Cl]. The van der Waals surface area contributed by atoms with Gasteiger partial charge in [0.15, 0.2) is 4.98 Å². The van der Waals surface area contributed by atoms with E-state index >= 15 is 0 Å². The molecule has 1 aromatic rings. The zero-order valence-corrected chi connectivity index (χ0v) is 19.1. The summed E-state index contributed by atoms with van der Waals surface area (Å²) in [7, 11) is 25.0. The molecule has 23 heavy (non-hydrogen) atoms. The zero-order valence-electron chi connectivity index (χ0n) is 12.1. The van der Waals surface area contributed by atoms with Crippen LogP contribution >= 0.6 is 53.0 Å². The van der Waals surface area contributed by atoms with E-state index in [1.165, 1.54) is 19.3 Å².